The van der Waals surface area contributed by atoms with Crippen LogP contribution in [0.2, 0.25) is 0 Å². The molecule has 10 heavy (non-hydrogen) atoms. The van der Waals surface area contributed by atoms with E-state index in [1.54, 1.807) is 7.11 Å². The molecule has 2 heteroatoms. The fraction of sp³-hybridized carbons (Fsp3) is 1.00. The number of rotatable bonds is 3. The minimum absolute atomic E-state index is 0.0576. The highest BCUT2D eigenvalue weighted by Crippen LogP contribution is 2.10. The zero-order valence-electron chi connectivity index (χ0n) is 7.60. The van der Waals surface area contributed by atoms with E-state index < -0.39 is 0 Å². The van der Waals surface area contributed by atoms with Gasteiger partial charge in [-0.1, -0.05) is 0 Å². The molecule has 2 nitrogen and oxygen atoms in total. The molecule has 0 heterocycles. The summed E-state index contributed by atoms with van der Waals surface area (Å²) in [5, 5.41) is 0. The normalized spacial score (nSPS) is 15.3. The molecule has 62 valence electrons. The summed E-state index contributed by atoms with van der Waals surface area (Å²) >= 11 is 0. The molecular formula is C8H18O2. The summed E-state index contributed by atoms with van der Waals surface area (Å²) in [6.07, 6.45) is 0.185. The second kappa shape index (κ2) is 3.94. The molecule has 1 unspecified atom stereocenters. The number of hydrogen-bond acceptors (Lipinski definition) is 2. The quantitative estimate of drug-likeness (QED) is 0.605. The fourth-order valence-corrected chi connectivity index (χ4v) is 0.872. The van der Waals surface area contributed by atoms with Gasteiger partial charge in [-0.3, -0.25) is 0 Å². The molecular weight excluding hydrogens is 128 g/mol. The summed E-state index contributed by atoms with van der Waals surface area (Å²) in [7, 11) is 1.68. The summed E-state index contributed by atoms with van der Waals surface area (Å²) < 4.78 is 10.5. The average molecular weight is 146 g/mol. The molecule has 0 spiro atoms. The molecule has 0 N–H and O–H groups in total. The highest BCUT2D eigenvalue weighted by Gasteiger charge is 2.14. The van der Waals surface area contributed by atoms with Crippen LogP contribution < -0.4 is 0 Å². The van der Waals surface area contributed by atoms with Crippen molar-refractivity contribution in [3.63, 3.8) is 0 Å². The third kappa shape index (κ3) is 6.05. The summed E-state index contributed by atoms with van der Waals surface area (Å²) in [5.41, 5.74) is -0.0576. The molecule has 0 bridgehead atoms. The van der Waals surface area contributed by atoms with Crippen molar-refractivity contribution >= 4 is 0 Å². The van der Waals surface area contributed by atoms with Crippen LogP contribution in [0.25, 0.3) is 0 Å². The maximum Gasteiger partial charge on any atom is 0.0787 e. The van der Waals surface area contributed by atoms with Gasteiger partial charge in [0.15, 0.2) is 0 Å². The minimum atomic E-state index is -0.0576. The van der Waals surface area contributed by atoms with Gasteiger partial charge in [0.2, 0.25) is 0 Å². The van der Waals surface area contributed by atoms with Crippen molar-refractivity contribution in [3.8, 4) is 0 Å². The van der Waals surface area contributed by atoms with Crippen LogP contribution in [0.1, 0.15) is 27.7 Å². The van der Waals surface area contributed by atoms with Crippen molar-refractivity contribution < 1.29 is 9.47 Å². The van der Waals surface area contributed by atoms with Gasteiger partial charge in [0, 0.05) is 7.11 Å². The summed E-state index contributed by atoms with van der Waals surface area (Å²) in [6.45, 7) is 8.80. The van der Waals surface area contributed by atoms with E-state index >= 15 is 0 Å². The van der Waals surface area contributed by atoms with Gasteiger partial charge in [-0.25, -0.2) is 0 Å². The van der Waals surface area contributed by atoms with Crippen LogP contribution in [0.5, 0.6) is 0 Å². The molecule has 1 atom stereocenters. The van der Waals surface area contributed by atoms with Gasteiger partial charge in [-0.2, -0.15) is 0 Å². The van der Waals surface area contributed by atoms with Gasteiger partial charge >= 0.3 is 0 Å². The van der Waals surface area contributed by atoms with Gasteiger partial charge < -0.3 is 9.47 Å². The van der Waals surface area contributed by atoms with E-state index in [0.717, 1.165) is 0 Å². The Hall–Kier alpha value is -0.0800. The fourth-order valence-electron chi connectivity index (χ4n) is 0.872. The standard InChI is InChI=1S/C8H18O2/c1-7(6-9-5)10-8(2,3)4/h7H,6H2,1-5H3. The lowest BCUT2D eigenvalue weighted by Crippen LogP contribution is -2.28. The Morgan fingerprint density at radius 3 is 2.10 bits per heavy atom. The van der Waals surface area contributed by atoms with E-state index in [2.05, 4.69) is 0 Å². The molecule has 0 aromatic carbocycles. The van der Waals surface area contributed by atoms with E-state index in [1.807, 2.05) is 27.7 Å². The van der Waals surface area contributed by atoms with Crippen molar-refractivity contribution in [2.45, 2.75) is 39.4 Å². The Labute approximate surface area is 63.5 Å². The van der Waals surface area contributed by atoms with Crippen LogP contribution >= 0.6 is 0 Å². The van der Waals surface area contributed by atoms with Crippen molar-refractivity contribution in [1.82, 2.24) is 0 Å². The zero-order valence-corrected chi connectivity index (χ0v) is 7.60. The van der Waals surface area contributed by atoms with Crippen molar-refractivity contribution in [2.75, 3.05) is 13.7 Å². The van der Waals surface area contributed by atoms with E-state index in [9.17, 15) is 0 Å². The lowest BCUT2D eigenvalue weighted by Gasteiger charge is -2.24. The predicted octanol–water partition coefficient (Wildman–Crippen LogP) is 1.84. The first kappa shape index (κ1) is 9.92. The van der Waals surface area contributed by atoms with E-state index in [4.69, 9.17) is 9.47 Å². The highest BCUT2D eigenvalue weighted by molar-refractivity contribution is 4.62. The molecule has 0 aromatic rings. The lowest BCUT2D eigenvalue weighted by atomic mass is 10.2. The van der Waals surface area contributed by atoms with Gasteiger partial charge in [0.1, 0.15) is 0 Å². The molecule has 0 saturated heterocycles. The largest absolute Gasteiger partial charge is 0.382 e. The molecule has 0 aliphatic rings. The summed E-state index contributed by atoms with van der Waals surface area (Å²) in [5.74, 6) is 0. The van der Waals surface area contributed by atoms with E-state index in [-0.39, 0.29) is 11.7 Å². The first-order valence-corrected chi connectivity index (χ1v) is 3.62. The molecule has 0 aromatic heterocycles. The van der Waals surface area contributed by atoms with Crippen LogP contribution in [-0.4, -0.2) is 25.4 Å². The number of methoxy groups -OCH3 is 1. The number of ether oxygens (including phenoxy) is 2. The smallest absolute Gasteiger partial charge is 0.0787 e. The van der Waals surface area contributed by atoms with Gasteiger partial charge in [0.05, 0.1) is 18.3 Å². The van der Waals surface area contributed by atoms with Crippen molar-refractivity contribution in [3.05, 3.63) is 0 Å². The van der Waals surface area contributed by atoms with E-state index in [1.165, 1.54) is 0 Å². The summed E-state index contributed by atoms with van der Waals surface area (Å²) in [4.78, 5) is 0. The van der Waals surface area contributed by atoms with E-state index in [0.29, 0.717) is 6.61 Å². The minimum Gasteiger partial charge on any atom is -0.382 e. The first-order chi connectivity index (χ1) is 4.45. The zero-order chi connectivity index (χ0) is 8.20. The van der Waals surface area contributed by atoms with Gasteiger partial charge in [0.25, 0.3) is 0 Å². The molecule has 0 aliphatic heterocycles. The van der Waals surface area contributed by atoms with Crippen LogP contribution in [0.3, 0.4) is 0 Å². The topological polar surface area (TPSA) is 18.5 Å². The third-order valence-electron chi connectivity index (χ3n) is 0.956. The molecule has 0 rings (SSSR count). The van der Waals surface area contributed by atoms with Gasteiger partial charge in [-0.15, -0.1) is 0 Å². The second-order valence-electron chi connectivity index (χ2n) is 3.50. The van der Waals surface area contributed by atoms with Gasteiger partial charge in [-0.05, 0) is 27.7 Å². The predicted molar refractivity (Wildman–Crippen MR) is 42.2 cm³/mol. The van der Waals surface area contributed by atoms with Crippen LogP contribution in [0.4, 0.5) is 0 Å². The summed E-state index contributed by atoms with van der Waals surface area (Å²) in [6, 6.07) is 0. The second-order valence-corrected chi connectivity index (χ2v) is 3.50. The first-order valence-electron chi connectivity index (χ1n) is 3.62. The highest BCUT2D eigenvalue weighted by atomic mass is 16.5. The SMILES string of the molecule is COCC(C)OC(C)(C)C. The van der Waals surface area contributed by atoms with Crippen molar-refractivity contribution in [1.29, 1.82) is 0 Å². The maximum atomic E-state index is 5.55. The molecule has 0 aliphatic carbocycles. The van der Waals surface area contributed by atoms with Crippen molar-refractivity contribution in [2.24, 2.45) is 0 Å². The molecule has 0 saturated carbocycles. The number of hydrogen-bond donors (Lipinski definition) is 0. The Bertz CT molecular complexity index is 83.7. The molecule has 0 amide bonds. The Morgan fingerprint density at radius 1 is 1.30 bits per heavy atom. The maximum absolute atomic E-state index is 5.55. The average Bonchev–Trinajstić information content (AvgIpc) is 1.59. The monoisotopic (exact) mass is 146 g/mol. The third-order valence-corrected chi connectivity index (χ3v) is 0.956. The lowest BCUT2D eigenvalue weighted by molar-refractivity contribution is -0.0774. The Kier molecular flexibility index (Phi) is 3.91. The van der Waals surface area contributed by atoms with Crippen LogP contribution in [0, 0.1) is 0 Å². The van der Waals surface area contributed by atoms with Crippen LogP contribution in [-0.2, 0) is 9.47 Å². The Balaban J connectivity index is 3.47. The molecule has 0 fully saturated rings. The van der Waals surface area contributed by atoms with Crippen LogP contribution in [0.15, 0.2) is 0 Å². The Morgan fingerprint density at radius 2 is 1.80 bits per heavy atom. The molecule has 0 radical (unpaired) electrons.